The summed E-state index contributed by atoms with van der Waals surface area (Å²) in [5.41, 5.74) is 7.19. The largest absolute Gasteiger partial charge is 0.397 e. The molecule has 0 fully saturated rings. The first-order chi connectivity index (χ1) is 6.63. The quantitative estimate of drug-likeness (QED) is 0.753. The summed E-state index contributed by atoms with van der Waals surface area (Å²) in [5.74, 6) is 0.649. The smallest absolute Gasteiger partial charge is 0.145 e. The van der Waals surface area contributed by atoms with Gasteiger partial charge in [0.25, 0.3) is 0 Å². The third kappa shape index (κ3) is 2.92. The predicted octanol–water partition coefficient (Wildman–Crippen LogP) is 2.70. The second-order valence-corrected chi connectivity index (χ2v) is 3.46. The fourth-order valence-corrected chi connectivity index (χ4v) is 1.16. The summed E-state index contributed by atoms with van der Waals surface area (Å²) in [6.07, 6.45) is 2.52. The van der Waals surface area contributed by atoms with Crippen LogP contribution in [0, 0.1) is 0 Å². The summed E-state index contributed by atoms with van der Waals surface area (Å²) < 4.78 is 0. The van der Waals surface area contributed by atoms with Crippen LogP contribution in [0.25, 0.3) is 0 Å². The molecule has 1 aromatic heterocycles. The fraction of sp³-hybridized carbons (Fsp3) is 0.300. The second kappa shape index (κ2) is 4.86. The average molecular weight is 212 g/mol. The Morgan fingerprint density at radius 2 is 2.43 bits per heavy atom. The van der Waals surface area contributed by atoms with Crippen LogP contribution in [0.15, 0.2) is 24.4 Å². The van der Waals surface area contributed by atoms with Crippen LogP contribution in [-0.2, 0) is 0 Å². The molecule has 0 aliphatic carbocycles. The number of halogens is 1. The van der Waals surface area contributed by atoms with Gasteiger partial charge in [-0.15, -0.1) is 0 Å². The maximum absolute atomic E-state index is 5.92. The molecule has 0 atom stereocenters. The predicted molar refractivity (Wildman–Crippen MR) is 61.6 cm³/mol. The van der Waals surface area contributed by atoms with Gasteiger partial charge in [-0.1, -0.05) is 30.7 Å². The highest BCUT2D eigenvalue weighted by Gasteiger charge is 2.01. The number of pyridine rings is 1. The summed E-state index contributed by atoms with van der Waals surface area (Å²) in [7, 11) is 0. The van der Waals surface area contributed by atoms with Gasteiger partial charge in [0.05, 0.1) is 16.9 Å². The highest BCUT2D eigenvalue weighted by Crippen LogP contribution is 2.21. The Labute approximate surface area is 89.0 Å². The number of nitrogens with zero attached hydrogens (tertiary/aromatic N) is 1. The molecule has 4 heteroatoms. The molecule has 0 aliphatic heterocycles. The van der Waals surface area contributed by atoms with E-state index in [-0.39, 0.29) is 0 Å². The van der Waals surface area contributed by atoms with Crippen molar-refractivity contribution in [3.8, 4) is 0 Å². The van der Waals surface area contributed by atoms with Crippen LogP contribution in [0.2, 0.25) is 5.02 Å². The van der Waals surface area contributed by atoms with Crippen LogP contribution in [0.3, 0.4) is 0 Å². The van der Waals surface area contributed by atoms with E-state index in [0.717, 1.165) is 12.0 Å². The SMILES string of the molecule is C=C(CC)CNc1ncc(N)cc1Cl. The minimum atomic E-state index is 0.536. The third-order valence-electron chi connectivity index (χ3n) is 1.87. The number of hydrogen-bond donors (Lipinski definition) is 2. The Kier molecular flexibility index (Phi) is 3.77. The Morgan fingerprint density at radius 3 is 3.00 bits per heavy atom. The molecule has 1 aromatic rings. The first-order valence-corrected chi connectivity index (χ1v) is 4.82. The molecule has 0 amide bonds. The molecule has 0 spiro atoms. The number of anilines is 2. The molecule has 14 heavy (non-hydrogen) atoms. The maximum atomic E-state index is 5.92. The van der Waals surface area contributed by atoms with Crippen molar-refractivity contribution in [3.63, 3.8) is 0 Å². The van der Waals surface area contributed by atoms with Crippen LogP contribution >= 0.6 is 11.6 Å². The van der Waals surface area contributed by atoms with E-state index in [9.17, 15) is 0 Å². The molecular formula is C10H14ClN3. The number of hydrogen-bond acceptors (Lipinski definition) is 3. The van der Waals surface area contributed by atoms with E-state index in [4.69, 9.17) is 17.3 Å². The molecule has 0 saturated heterocycles. The van der Waals surface area contributed by atoms with E-state index in [1.165, 1.54) is 0 Å². The van der Waals surface area contributed by atoms with Crippen molar-refractivity contribution >= 4 is 23.1 Å². The Balaban J connectivity index is 2.63. The molecule has 0 aliphatic rings. The first-order valence-electron chi connectivity index (χ1n) is 4.45. The molecule has 1 heterocycles. The number of rotatable bonds is 4. The van der Waals surface area contributed by atoms with E-state index >= 15 is 0 Å². The molecule has 3 N–H and O–H groups in total. The van der Waals surface area contributed by atoms with Gasteiger partial charge in [0.1, 0.15) is 5.82 Å². The van der Waals surface area contributed by atoms with E-state index in [1.807, 2.05) is 0 Å². The number of nitrogen functional groups attached to an aromatic ring is 1. The van der Waals surface area contributed by atoms with Gasteiger partial charge in [-0.25, -0.2) is 4.98 Å². The molecule has 0 bridgehead atoms. The zero-order valence-electron chi connectivity index (χ0n) is 8.18. The van der Waals surface area contributed by atoms with Gasteiger partial charge in [-0.3, -0.25) is 0 Å². The summed E-state index contributed by atoms with van der Waals surface area (Å²) in [5, 5.41) is 3.63. The molecule has 1 rings (SSSR count). The van der Waals surface area contributed by atoms with Gasteiger partial charge in [0, 0.05) is 6.54 Å². The van der Waals surface area contributed by atoms with Crippen LogP contribution in [0.4, 0.5) is 11.5 Å². The lowest BCUT2D eigenvalue weighted by molar-refractivity contribution is 1.04. The summed E-state index contributed by atoms with van der Waals surface area (Å²) in [4.78, 5) is 4.07. The zero-order valence-corrected chi connectivity index (χ0v) is 8.93. The lowest BCUT2D eigenvalue weighted by Gasteiger charge is -2.08. The monoisotopic (exact) mass is 211 g/mol. The van der Waals surface area contributed by atoms with Crippen LogP contribution < -0.4 is 11.1 Å². The second-order valence-electron chi connectivity index (χ2n) is 3.06. The Bertz CT molecular complexity index is 336. The third-order valence-corrected chi connectivity index (χ3v) is 2.16. The van der Waals surface area contributed by atoms with Gasteiger partial charge in [0.2, 0.25) is 0 Å². The van der Waals surface area contributed by atoms with E-state index < -0.39 is 0 Å². The van der Waals surface area contributed by atoms with E-state index in [0.29, 0.717) is 23.1 Å². The van der Waals surface area contributed by atoms with Crippen molar-refractivity contribution in [1.29, 1.82) is 0 Å². The standard InChI is InChI=1S/C10H14ClN3/c1-3-7(2)5-13-10-9(11)4-8(12)6-14-10/h4,6H,2-3,5,12H2,1H3,(H,13,14). The summed E-state index contributed by atoms with van der Waals surface area (Å²) in [6.45, 7) is 6.62. The average Bonchev–Trinajstić information content (AvgIpc) is 2.16. The van der Waals surface area contributed by atoms with Crippen molar-refractivity contribution in [3.05, 3.63) is 29.4 Å². The minimum absolute atomic E-state index is 0.536. The molecule has 0 saturated carbocycles. The number of nitrogens with two attached hydrogens (primary N) is 1. The molecular weight excluding hydrogens is 198 g/mol. The summed E-state index contributed by atoms with van der Waals surface area (Å²) in [6, 6.07) is 1.67. The lowest BCUT2D eigenvalue weighted by atomic mass is 10.2. The van der Waals surface area contributed by atoms with E-state index in [2.05, 4.69) is 23.8 Å². The number of aromatic nitrogens is 1. The van der Waals surface area contributed by atoms with Crippen LogP contribution in [0.1, 0.15) is 13.3 Å². The van der Waals surface area contributed by atoms with Crippen molar-refractivity contribution in [1.82, 2.24) is 4.98 Å². The normalized spacial score (nSPS) is 9.86. The van der Waals surface area contributed by atoms with Gasteiger partial charge in [-0.05, 0) is 12.5 Å². The van der Waals surface area contributed by atoms with Crippen molar-refractivity contribution in [2.75, 3.05) is 17.6 Å². The van der Waals surface area contributed by atoms with Crippen molar-refractivity contribution in [2.45, 2.75) is 13.3 Å². The first kappa shape index (κ1) is 10.9. The van der Waals surface area contributed by atoms with E-state index in [1.54, 1.807) is 12.3 Å². The molecule has 76 valence electrons. The lowest BCUT2D eigenvalue weighted by Crippen LogP contribution is -2.05. The van der Waals surface area contributed by atoms with Crippen LogP contribution in [0.5, 0.6) is 0 Å². The molecule has 0 aromatic carbocycles. The zero-order chi connectivity index (χ0) is 10.6. The molecule has 3 nitrogen and oxygen atoms in total. The Hall–Kier alpha value is -1.22. The highest BCUT2D eigenvalue weighted by molar-refractivity contribution is 6.33. The van der Waals surface area contributed by atoms with Gasteiger partial charge in [-0.2, -0.15) is 0 Å². The fourth-order valence-electron chi connectivity index (χ4n) is 0.917. The maximum Gasteiger partial charge on any atom is 0.145 e. The van der Waals surface area contributed by atoms with Crippen molar-refractivity contribution in [2.24, 2.45) is 0 Å². The van der Waals surface area contributed by atoms with Crippen LogP contribution in [-0.4, -0.2) is 11.5 Å². The summed E-state index contributed by atoms with van der Waals surface area (Å²) >= 11 is 5.92. The van der Waals surface area contributed by atoms with Gasteiger partial charge in [0.15, 0.2) is 0 Å². The van der Waals surface area contributed by atoms with Crippen molar-refractivity contribution < 1.29 is 0 Å². The highest BCUT2D eigenvalue weighted by atomic mass is 35.5. The van der Waals surface area contributed by atoms with Gasteiger partial charge >= 0.3 is 0 Å². The topological polar surface area (TPSA) is 50.9 Å². The molecule has 0 unspecified atom stereocenters. The molecule has 0 radical (unpaired) electrons. The van der Waals surface area contributed by atoms with Gasteiger partial charge < -0.3 is 11.1 Å². The minimum Gasteiger partial charge on any atom is -0.397 e. The Morgan fingerprint density at radius 1 is 1.71 bits per heavy atom. The number of nitrogens with one attached hydrogen (secondary N) is 1.